The lowest BCUT2D eigenvalue weighted by molar-refractivity contribution is 0.414. The van der Waals surface area contributed by atoms with Crippen LogP contribution in [0.1, 0.15) is 22.6 Å². The molecule has 6 rings (SSSR count). The highest BCUT2D eigenvalue weighted by Gasteiger charge is 2.33. The van der Waals surface area contributed by atoms with Crippen molar-refractivity contribution in [2.75, 3.05) is 7.11 Å². The first kappa shape index (κ1) is 19.6. The monoisotopic (exact) mass is 456 g/mol. The highest BCUT2D eigenvalue weighted by molar-refractivity contribution is 6.30. The smallest absolute Gasteiger partial charge is 0.228 e. The summed E-state index contributed by atoms with van der Waals surface area (Å²) in [6, 6.07) is 20.3. The number of ether oxygens (including phenoxy) is 2. The van der Waals surface area contributed by atoms with Crippen molar-refractivity contribution in [3.8, 4) is 34.5 Å². The van der Waals surface area contributed by atoms with E-state index >= 15 is 0 Å². The average molecular weight is 457 g/mol. The van der Waals surface area contributed by atoms with Crippen LogP contribution in [0.25, 0.3) is 17.0 Å². The molecule has 5 aromatic rings. The molecule has 1 N–H and O–H groups in total. The van der Waals surface area contributed by atoms with E-state index in [2.05, 4.69) is 10.1 Å². The fraction of sp³-hybridized carbons (Fsp3) is 0.0800. The molecule has 0 amide bonds. The van der Waals surface area contributed by atoms with Gasteiger partial charge in [0, 0.05) is 28.1 Å². The SMILES string of the molecule is COc1ccc(C2c3ccc(O)cc3Oc3ncn4nc(-c5ccc(Cl)cc5)nc4c32)cc1. The van der Waals surface area contributed by atoms with Gasteiger partial charge in [-0.3, -0.25) is 0 Å². The number of rotatable bonds is 3. The number of phenolic OH excluding ortho intramolecular Hbond substituents is 1. The molecule has 1 unspecified atom stereocenters. The molecule has 0 fully saturated rings. The molecule has 0 saturated heterocycles. The standard InChI is InChI=1S/C25H17ClN4O3/c1-32-18-9-4-14(5-10-18)21-19-11-8-17(31)12-20(19)33-25-22(21)24-28-23(29-30(24)13-27-25)15-2-6-16(26)7-3-15/h2-13,21,31H,1H3. The van der Waals surface area contributed by atoms with Crippen LogP contribution in [0.4, 0.5) is 0 Å². The highest BCUT2D eigenvalue weighted by Crippen LogP contribution is 2.48. The molecular weight excluding hydrogens is 440 g/mol. The maximum absolute atomic E-state index is 10.0. The van der Waals surface area contributed by atoms with Gasteiger partial charge in [0.05, 0.1) is 12.7 Å². The summed E-state index contributed by atoms with van der Waals surface area (Å²) in [5.74, 6) is 2.20. The van der Waals surface area contributed by atoms with Crippen molar-refractivity contribution in [3.63, 3.8) is 0 Å². The van der Waals surface area contributed by atoms with E-state index in [4.69, 9.17) is 26.1 Å². The van der Waals surface area contributed by atoms with E-state index in [0.717, 1.165) is 28.0 Å². The summed E-state index contributed by atoms with van der Waals surface area (Å²) in [6.45, 7) is 0. The van der Waals surface area contributed by atoms with E-state index in [0.29, 0.717) is 28.1 Å². The molecule has 8 heteroatoms. The quantitative estimate of drug-likeness (QED) is 0.381. The van der Waals surface area contributed by atoms with E-state index < -0.39 is 0 Å². The molecule has 7 nitrogen and oxygen atoms in total. The van der Waals surface area contributed by atoms with Crippen LogP contribution in [0.5, 0.6) is 23.1 Å². The largest absolute Gasteiger partial charge is 0.508 e. The fourth-order valence-electron chi connectivity index (χ4n) is 4.17. The number of aromatic hydroxyl groups is 1. The van der Waals surface area contributed by atoms with Gasteiger partial charge in [-0.15, -0.1) is 5.10 Å². The zero-order valence-corrected chi connectivity index (χ0v) is 18.2. The summed E-state index contributed by atoms with van der Waals surface area (Å²) in [4.78, 5) is 9.36. The van der Waals surface area contributed by atoms with Crippen LogP contribution in [0.15, 0.2) is 73.1 Å². The zero-order chi connectivity index (χ0) is 22.5. The third kappa shape index (κ3) is 3.25. The summed E-state index contributed by atoms with van der Waals surface area (Å²) in [5.41, 5.74) is 4.20. The molecule has 0 saturated carbocycles. The number of halogens is 1. The predicted octanol–water partition coefficient (Wildman–Crippen LogP) is 5.44. The number of aromatic nitrogens is 4. The summed E-state index contributed by atoms with van der Waals surface area (Å²) in [7, 11) is 1.64. The Hall–Kier alpha value is -4.10. The van der Waals surface area contributed by atoms with Crippen LogP contribution in [0.2, 0.25) is 5.02 Å². The molecule has 162 valence electrons. The van der Waals surface area contributed by atoms with Crippen molar-refractivity contribution in [2.45, 2.75) is 5.92 Å². The van der Waals surface area contributed by atoms with Gasteiger partial charge >= 0.3 is 0 Å². The second-order valence-electron chi connectivity index (χ2n) is 7.70. The van der Waals surface area contributed by atoms with Crippen LogP contribution in [0, 0.1) is 0 Å². The number of nitrogens with zero attached hydrogens (tertiary/aromatic N) is 4. The summed E-state index contributed by atoms with van der Waals surface area (Å²) in [5, 5.41) is 15.3. The van der Waals surface area contributed by atoms with E-state index in [9.17, 15) is 5.11 Å². The number of phenols is 1. The van der Waals surface area contributed by atoms with Gasteiger partial charge in [-0.1, -0.05) is 29.8 Å². The Morgan fingerprint density at radius 3 is 2.58 bits per heavy atom. The normalized spacial score (nSPS) is 14.4. The molecule has 33 heavy (non-hydrogen) atoms. The molecular formula is C25H17ClN4O3. The van der Waals surface area contributed by atoms with Gasteiger partial charge in [0.2, 0.25) is 5.88 Å². The van der Waals surface area contributed by atoms with Crippen molar-refractivity contribution in [3.05, 3.63) is 94.8 Å². The Kier molecular flexibility index (Phi) is 4.45. The van der Waals surface area contributed by atoms with Gasteiger partial charge in [0.15, 0.2) is 11.5 Å². The van der Waals surface area contributed by atoms with Crippen LogP contribution in [0.3, 0.4) is 0 Å². The maximum Gasteiger partial charge on any atom is 0.228 e. The molecule has 1 aliphatic heterocycles. The minimum Gasteiger partial charge on any atom is -0.508 e. The van der Waals surface area contributed by atoms with Gasteiger partial charge in [0.1, 0.15) is 23.6 Å². The number of fused-ring (bicyclic) bond motifs is 4. The van der Waals surface area contributed by atoms with Crippen molar-refractivity contribution < 1.29 is 14.6 Å². The number of methoxy groups -OCH3 is 1. The Morgan fingerprint density at radius 1 is 1.03 bits per heavy atom. The van der Waals surface area contributed by atoms with Crippen molar-refractivity contribution >= 4 is 17.2 Å². The molecule has 0 spiro atoms. The van der Waals surface area contributed by atoms with Crippen LogP contribution in [-0.2, 0) is 0 Å². The van der Waals surface area contributed by atoms with Gasteiger partial charge < -0.3 is 14.6 Å². The van der Waals surface area contributed by atoms with Gasteiger partial charge in [0.25, 0.3) is 0 Å². The molecule has 0 bridgehead atoms. The number of benzene rings is 3. The van der Waals surface area contributed by atoms with E-state index in [-0.39, 0.29) is 11.7 Å². The third-order valence-electron chi connectivity index (χ3n) is 5.74. The molecule has 0 radical (unpaired) electrons. The molecule has 1 aliphatic rings. The average Bonchev–Trinajstić information content (AvgIpc) is 3.27. The third-order valence-corrected chi connectivity index (χ3v) is 5.99. The van der Waals surface area contributed by atoms with E-state index in [1.165, 1.54) is 0 Å². The summed E-state index contributed by atoms with van der Waals surface area (Å²) >= 11 is 6.04. The summed E-state index contributed by atoms with van der Waals surface area (Å²) in [6.07, 6.45) is 1.58. The Morgan fingerprint density at radius 2 is 1.82 bits per heavy atom. The minimum absolute atomic E-state index is 0.124. The minimum atomic E-state index is -0.228. The highest BCUT2D eigenvalue weighted by atomic mass is 35.5. The van der Waals surface area contributed by atoms with Gasteiger partial charge in [-0.05, 0) is 48.0 Å². The topological polar surface area (TPSA) is 81.8 Å². The lowest BCUT2D eigenvalue weighted by atomic mass is 9.84. The fourth-order valence-corrected chi connectivity index (χ4v) is 4.29. The molecule has 3 aromatic carbocycles. The second-order valence-corrected chi connectivity index (χ2v) is 8.14. The first-order valence-corrected chi connectivity index (χ1v) is 10.6. The second kappa shape index (κ2) is 7.50. The van der Waals surface area contributed by atoms with E-state index in [1.54, 1.807) is 30.1 Å². The lowest BCUT2D eigenvalue weighted by Gasteiger charge is -2.28. The lowest BCUT2D eigenvalue weighted by Crippen LogP contribution is -2.15. The Labute approximate surface area is 193 Å². The van der Waals surface area contributed by atoms with Crippen molar-refractivity contribution in [1.29, 1.82) is 0 Å². The Balaban J connectivity index is 1.58. The number of hydrogen-bond acceptors (Lipinski definition) is 6. The molecule has 0 aliphatic carbocycles. The van der Waals surface area contributed by atoms with Gasteiger partial charge in [-0.25, -0.2) is 14.5 Å². The molecule has 3 heterocycles. The zero-order valence-electron chi connectivity index (χ0n) is 17.4. The summed E-state index contributed by atoms with van der Waals surface area (Å²) < 4.78 is 13.1. The van der Waals surface area contributed by atoms with E-state index in [1.807, 2.05) is 54.6 Å². The molecule has 2 aromatic heterocycles. The maximum atomic E-state index is 10.0. The van der Waals surface area contributed by atoms with Crippen LogP contribution >= 0.6 is 11.6 Å². The number of hydrogen-bond donors (Lipinski definition) is 1. The van der Waals surface area contributed by atoms with Crippen molar-refractivity contribution in [2.24, 2.45) is 0 Å². The van der Waals surface area contributed by atoms with Gasteiger partial charge in [-0.2, -0.15) is 0 Å². The predicted molar refractivity (Wildman–Crippen MR) is 123 cm³/mol. The Bertz CT molecular complexity index is 1500. The first-order chi connectivity index (χ1) is 16.1. The van der Waals surface area contributed by atoms with Crippen LogP contribution in [-0.4, -0.2) is 31.8 Å². The van der Waals surface area contributed by atoms with Crippen molar-refractivity contribution in [1.82, 2.24) is 19.6 Å². The van der Waals surface area contributed by atoms with Crippen LogP contribution < -0.4 is 9.47 Å². The molecule has 1 atom stereocenters. The first-order valence-electron chi connectivity index (χ1n) is 10.3.